The zero-order valence-corrected chi connectivity index (χ0v) is 14.2. The van der Waals surface area contributed by atoms with Crippen molar-refractivity contribution in [2.45, 2.75) is 57.5 Å². The van der Waals surface area contributed by atoms with Crippen molar-refractivity contribution >= 4 is 5.91 Å². The highest BCUT2D eigenvalue weighted by molar-refractivity contribution is 5.79. The van der Waals surface area contributed by atoms with Crippen LogP contribution in [0.3, 0.4) is 0 Å². The van der Waals surface area contributed by atoms with Crippen molar-refractivity contribution in [1.29, 1.82) is 0 Å². The summed E-state index contributed by atoms with van der Waals surface area (Å²) in [5.41, 5.74) is 1.19. The van der Waals surface area contributed by atoms with E-state index in [-0.39, 0.29) is 11.8 Å². The quantitative estimate of drug-likeness (QED) is 0.802. The Labute approximate surface area is 138 Å². The second-order valence-electron chi connectivity index (χ2n) is 6.68. The molecule has 2 fully saturated rings. The molecular formula is C19H27NO3. The Balaban J connectivity index is 1.76. The molecule has 0 spiro atoms. The SMILES string of the molecule is CCCN1C[C@H](c2ccc(OC)c(OC3CCCC3)c2)CC1=O. The molecule has 1 aromatic rings. The van der Waals surface area contributed by atoms with E-state index in [1.165, 1.54) is 18.4 Å². The van der Waals surface area contributed by atoms with Crippen molar-refractivity contribution in [2.24, 2.45) is 0 Å². The molecule has 4 nitrogen and oxygen atoms in total. The second kappa shape index (κ2) is 7.24. The number of hydrogen-bond acceptors (Lipinski definition) is 3. The molecule has 2 aliphatic rings. The first-order chi connectivity index (χ1) is 11.2. The third kappa shape index (κ3) is 3.62. The average Bonchev–Trinajstić information content (AvgIpc) is 3.18. The van der Waals surface area contributed by atoms with Crippen molar-refractivity contribution < 1.29 is 14.3 Å². The number of likely N-dealkylation sites (tertiary alicyclic amines) is 1. The van der Waals surface area contributed by atoms with Crippen LogP contribution in [0.4, 0.5) is 0 Å². The number of methoxy groups -OCH3 is 1. The van der Waals surface area contributed by atoms with Crippen molar-refractivity contribution in [3.63, 3.8) is 0 Å². The normalized spacial score (nSPS) is 21.9. The summed E-state index contributed by atoms with van der Waals surface area (Å²) < 4.78 is 11.6. The molecule has 1 aliphatic carbocycles. The number of ether oxygens (including phenoxy) is 2. The molecule has 0 unspecified atom stereocenters. The van der Waals surface area contributed by atoms with E-state index in [0.717, 1.165) is 43.9 Å². The van der Waals surface area contributed by atoms with Gasteiger partial charge in [-0.15, -0.1) is 0 Å². The Hall–Kier alpha value is -1.71. The number of benzene rings is 1. The van der Waals surface area contributed by atoms with Gasteiger partial charge in [-0.2, -0.15) is 0 Å². The van der Waals surface area contributed by atoms with Crippen LogP contribution in [0.15, 0.2) is 18.2 Å². The minimum atomic E-state index is 0.269. The van der Waals surface area contributed by atoms with E-state index >= 15 is 0 Å². The number of amides is 1. The van der Waals surface area contributed by atoms with E-state index in [4.69, 9.17) is 9.47 Å². The molecule has 126 valence electrons. The molecule has 0 bridgehead atoms. The zero-order chi connectivity index (χ0) is 16.2. The molecule has 3 rings (SSSR count). The van der Waals surface area contributed by atoms with Crippen LogP contribution in [0.2, 0.25) is 0 Å². The van der Waals surface area contributed by atoms with Gasteiger partial charge >= 0.3 is 0 Å². The predicted molar refractivity (Wildman–Crippen MR) is 90.1 cm³/mol. The van der Waals surface area contributed by atoms with Crippen LogP contribution in [0.25, 0.3) is 0 Å². The largest absolute Gasteiger partial charge is 0.493 e. The van der Waals surface area contributed by atoms with Crippen molar-refractivity contribution in [1.82, 2.24) is 4.90 Å². The predicted octanol–water partition coefficient (Wildman–Crippen LogP) is 3.74. The zero-order valence-electron chi connectivity index (χ0n) is 14.2. The van der Waals surface area contributed by atoms with Gasteiger partial charge < -0.3 is 14.4 Å². The van der Waals surface area contributed by atoms with Crippen LogP contribution < -0.4 is 9.47 Å². The van der Waals surface area contributed by atoms with Crippen LogP contribution in [0, 0.1) is 0 Å². The molecule has 1 saturated heterocycles. The second-order valence-corrected chi connectivity index (χ2v) is 6.68. The average molecular weight is 317 g/mol. The first kappa shape index (κ1) is 16.2. The lowest BCUT2D eigenvalue weighted by Gasteiger charge is -2.19. The Morgan fingerprint density at radius 2 is 2.00 bits per heavy atom. The van der Waals surface area contributed by atoms with Crippen molar-refractivity contribution in [3.05, 3.63) is 23.8 Å². The highest BCUT2D eigenvalue weighted by Gasteiger charge is 2.30. The van der Waals surface area contributed by atoms with Crippen LogP contribution in [0.5, 0.6) is 11.5 Å². The minimum Gasteiger partial charge on any atom is -0.493 e. The highest BCUT2D eigenvalue weighted by Crippen LogP contribution is 2.36. The van der Waals surface area contributed by atoms with Crippen LogP contribution in [0.1, 0.15) is 56.9 Å². The summed E-state index contributed by atoms with van der Waals surface area (Å²) in [7, 11) is 1.68. The topological polar surface area (TPSA) is 38.8 Å². The summed E-state index contributed by atoms with van der Waals surface area (Å²) in [6.07, 6.45) is 6.66. The fourth-order valence-corrected chi connectivity index (χ4v) is 3.71. The van der Waals surface area contributed by atoms with Gasteiger partial charge in [0.25, 0.3) is 0 Å². The van der Waals surface area contributed by atoms with Crippen molar-refractivity contribution in [3.8, 4) is 11.5 Å². The number of carbonyl (C=O) groups excluding carboxylic acids is 1. The standard InChI is InChI=1S/C19H27NO3/c1-3-10-20-13-15(12-19(20)21)14-8-9-17(22-2)18(11-14)23-16-6-4-5-7-16/h8-9,11,15-16H,3-7,10,12-13H2,1-2H3/t15-/m1/s1. The summed E-state index contributed by atoms with van der Waals surface area (Å²) in [6, 6.07) is 6.14. The molecule has 0 aromatic heterocycles. The van der Waals surface area contributed by atoms with E-state index in [9.17, 15) is 4.79 Å². The molecule has 23 heavy (non-hydrogen) atoms. The van der Waals surface area contributed by atoms with Crippen molar-refractivity contribution in [2.75, 3.05) is 20.2 Å². The molecular weight excluding hydrogens is 290 g/mol. The molecule has 1 aromatic carbocycles. The Bertz CT molecular complexity index is 552. The van der Waals surface area contributed by atoms with Crippen LogP contribution in [-0.4, -0.2) is 37.1 Å². The molecule has 1 amide bonds. The Morgan fingerprint density at radius 1 is 1.22 bits per heavy atom. The third-order valence-corrected chi connectivity index (χ3v) is 4.96. The van der Waals surface area contributed by atoms with E-state index in [1.807, 2.05) is 11.0 Å². The summed E-state index contributed by atoms with van der Waals surface area (Å²) >= 11 is 0. The van der Waals surface area contributed by atoms with E-state index in [0.29, 0.717) is 12.5 Å². The lowest BCUT2D eigenvalue weighted by molar-refractivity contribution is -0.127. The van der Waals surface area contributed by atoms with Gasteiger partial charge in [0.2, 0.25) is 5.91 Å². The maximum Gasteiger partial charge on any atom is 0.223 e. The first-order valence-corrected chi connectivity index (χ1v) is 8.83. The molecule has 1 aliphatic heterocycles. The van der Waals surface area contributed by atoms with E-state index in [1.54, 1.807) is 7.11 Å². The number of carbonyl (C=O) groups is 1. The van der Waals surface area contributed by atoms with Crippen LogP contribution in [-0.2, 0) is 4.79 Å². The van der Waals surface area contributed by atoms with E-state index < -0.39 is 0 Å². The smallest absolute Gasteiger partial charge is 0.223 e. The van der Waals surface area contributed by atoms with Gasteiger partial charge in [0.05, 0.1) is 13.2 Å². The van der Waals surface area contributed by atoms with E-state index in [2.05, 4.69) is 19.1 Å². The number of hydrogen-bond donors (Lipinski definition) is 0. The fourth-order valence-electron chi connectivity index (χ4n) is 3.71. The van der Waals surface area contributed by atoms with Gasteiger partial charge in [-0.3, -0.25) is 4.79 Å². The minimum absolute atomic E-state index is 0.269. The fraction of sp³-hybridized carbons (Fsp3) is 0.632. The Morgan fingerprint density at radius 3 is 2.70 bits per heavy atom. The van der Waals surface area contributed by atoms with Gasteiger partial charge in [0.1, 0.15) is 0 Å². The lowest BCUT2D eigenvalue weighted by atomic mass is 9.98. The maximum absolute atomic E-state index is 12.1. The summed E-state index contributed by atoms with van der Waals surface area (Å²) in [4.78, 5) is 14.1. The van der Waals surface area contributed by atoms with Crippen LogP contribution >= 0.6 is 0 Å². The number of rotatable bonds is 6. The molecule has 1 atom stereocenters. The maximum atomic E-state index is 12.1. The van der Waals surface area contributed by atoms with Gasteiger partial charge in [-0.05, 0) is 49.8 Å². The number of nitrogens with zero attached hydrogens (tertiary/aromatic N) is 1. The molecule has 1 heterocycles. The molecule has 0 N–H and O–H groups in total. The van der Waals surface area contributed by atoms with Gasteiger partial charge in [0.15, 0.2) is 11.5 Å². The summed E-state index contributed by atoms with van der Waals surface area (Å²) in [6.45, 7) is 3.79. The van der Waals surface area contributed by atoms with Gasteiger partial charge in [-0.1, -0.05) is 13.0 Å². The third-order valence-electron chi connectivity index (χ3n) is 4.96. The monoisotopic (exact) mass is 317 g/mol. The highest BCUT2D eigenvalue weighted by atomic mass is 16.5. The summed E-state index contributed by atoms with van der Waals surface area (Å²) in [5, 5.41) is 0. The molecule has 1 saturated carbocycles. The summed E-state index contributed by atoms with van der Waals surface area (Å²) in [5.74, 6) is 2.16. The lowest BCUT2D eigenvalue weighted by Crippen LogP contribution is -2.25. The molecule has 4 heteroatoms. The van der Waals surface area contributed by atoms with Gasteiger partial charge in [0, 0.05) is 25.4 Å². The van der Waals surface area contributed by atoms with Gasteiger partial charge in [-0.25, -0.2) is 0 Å². The Kier molecular flexibility index (Phi) is 5.09. The first-order valence-electron chi connectivity index (χ1n) is 8.83. The molecule has 0 radical (unpaired) electrons.